The van der Waals surface area contributed by atoms with Crippen molar-refractivity contribution in [2.75, 3.05) is 0 Å². The first-order valence-corrected chi connectivity index (χ1v) is 6.28. The van der Waals surface area contributed by atoms with Gasteiger partial charge >= 0.3 is 5.97 Å². The quantitative estimate of drug-likeness (QED) is 0.831. The number of nitrogens with zero attached hydrogens (tertiary/aromatic N) is 1. The second-order valence-electron chi connectivity index (χ2n) is 4.61. The number of hydrogen-bond donors (Lipinski definition) is 1. The summed E-state index contributed by atoms with van der Waals surface area (Å²) in [4.78, 5) is 22.5. The van der Waals surface area contributed by atoms with Gasteiger partial charge in [-0.3, -0.25) is 4.79 Å². The highest BCUT2D eigenvalue weighted by atomic mass is 16.4. The van der Waals surface area contributed by atoms with Crippen LogP contribution in [0.25, 0.3) is 0 Å². The summed E-state index contributed by atoms with van der Waals surface area (Å²) >= 11 is 0. The second-order valence-corrected chi connectivity index (χ2v) is 4.61. The predicted molar refractivity (Wildman–Crippen MR) is 68.8 cm³/mol. The minimum Gasteiger partial charge on any atom is -0.478 e. The molecule has 0 atom stereocenters. The molecule has 0 aliphatic heterocycles. The summed E-state index contributed by atoms with van der Waals surface area (Å²) in [6.07, 6.45) is 9.20. The van der Waals surface area contributed by atoms with E-state index in [2.05, 4.69) is 6.08 Å². The van der Waals surface area contributed by atoms with Crippen LogP contribution in [0.4, 0.5) is 0 Å². The monoisotopic (exact) mass is 247 g/mol. The van der Waals surface area contributed by atoms with Crippen molar-refractivity contribution in [1.82, 2.24) is 4.57 Å². The Hall–Kier alpha value is -1.84. The summed E-state index contributed by atoms with van der Waals surface area (Å²) in [5, 5.41) is 8.89. The number of pyridine rings is 1. The molecule has 0 aromatic carbocycles. The Bertz CT molecular complexity index is 528. The molecule has 4 heteroatoms. The zero-order valence-corrected chi connectivity index (χ0v) is 10.3. The maximum absolute atomic E-state index is 11.6. The van der Waals surface area contributed by atoms with Gasteiger partial charge in [0.2, 0.25) is 0 Å². The van der Waals surface area contributed by atoms with E-state index in [9.17, 15) is 9.59 Å². The van der Waals surface area contributed by atoms with Gasteiger partial charge in [-0.25, -0.2) is 4.79 Å². The van der Waals surface area contributed by atoms with Crippen molar-refractivity contribution in [1.29, 1.82) is 0 Å². The third-order valence-corrected chi connectivity index (χ3v) is 3.29. The molecule has 0 radical (unpaired) electrons. The molecule has 0 amide bonds. The van der Waals surface area contributed by atoms with Crippen LogP contribution in [-0.2, 0) is 6.54 Å². The molecular weight excluding hydrogens is 230 g/mol. The molecule has 1 heterocycles. The van der Waals surface area contributed by atoms with Crippen LogP contribution in [0.3, 0.4) is 0 Å². The van der Waals surface area contributed by atoms with Gasteiger partial charge < -0.3 is 9.67 Å². The van der Waals surface area contributed by atoms with E-state index in [1.54, 1.807) is 0 Å². The molecule has 0 unspecified atom stereocenters. The zero-order valence-electron chi connectivity index (χ0n) is 10.3. The second kappa shape index (κ2) is 5.67. The number of carboxylic acids is 1. The number of allylic oxidation sites excluding steroid dienone is 2. The van der Waals surface area contributed by atoms with Gasteiger partial charge in [-0.05, 0) is 38.2 Å². The van der Waals surface area contributed by atoms with Crippen LogP contribution >= 0.6 is 0 Å². The van der Waals surface area contributed by atoms with Crippen molar-refractivity contribution in [3.63, 3.8) is 0 Å². The van der Waals surface area contributed by atoms with E-state index in [1.807, 2.05) is 0 Å². The van der Waals surface area contributed by atoms with Crippen LogP contribution in [0.5, 0.6) is 0 Å². The molecule has 0 saturated carbocycles. The number of aryl methyl sites for hydroxylation is 1. The Morgan fingerprint density at radius 1 is 1.33 bits per heavy atom. The van der Waals surface area contributed by atoms with Gasteiger partial charge in [-0.2, -0.15) is 0 Å². The van der Waals surface area contributed by atoms with E-state index < -0.39 is 5.97 Å². The van der Waals surface area contributed by atoms with Gasteiger partial charge in [-0.1, -0.05) is 11.6 Å². The molecule has 1 aliphatic carbocycles. The number of carbonyl (C=O) groups is 1. The smallest absolute Gasteiger partial charge is 0.337 e. The fourth-order valence-corrected chi connectivity index (χ4v) is 2.23. The van der Waals surface area contributed by atoms with E-state index in [-0.39, 0.29) is 11.1 Å². The fraction of sp³-hybridized carbons (Fsp3) is 0.429. The van der Waals surface area contributed by atoms with Crippen LogP contribution in [-0.4, -0.2) is 15.6 Å². The molecule has 1 aliphatic rings. The van der Waals surface area contributed by atoms with Crippen LogP contribution in [0.2, 0.25) is 0 Å². The van der Waals surface area contributed by atoms with Gasteiger partial charge in [0.25, 0.3) is 5.56 Å². The standard InChI is InChI=1S/C14H17NO3/c16-13-7-6-12(14(17)18)10-15(13)9-8-11-4-2-1-3-5-11/h4,6-7,10H,1-3,5,8-9H2,(H,17,18). The molecule has 4 nitrogen and oxygen atoms in total. The highest BCUT2D eigenvalue weighted by molar-refractivity contribution is 5.87. The lowest BCUT2D eigenvalue weighted by Gasteiger charge is -2.13. The van der Waals surface area contributed by atoms with Crippen molar-refractivity contribution >= 4 is 5.97 Å². The Morgan fingerprint density at radius 3 is 2.83 bits per heavy atom. The average molecular weight is 247 g/mol. The molecule has 1 aromatic heterocycles. The first-order chi connectivity index (χ1) is 8.66. The molecule has 96 valence electrons. The first-order valence-electron chi connectivity index (χ1n) is 6.28. The summed E-state index contributed by atoms with van der Waals surface area (Å²) < 4.78 is 1.49. The third-order valence-electron chi connectivity index (χ3n) is 3.29. The lowest BCUT2D eigenvalue weighted by Crippen LogP contribution is -2.20. The van der Waals surface area contributed by atoms with Crippen molar-refractivity contribution in [3.05, 3.63) is 45.9 Å². The lowest BCUT2D eigenvalue weighted by atomic mass is 9.97. The minimum absolute atomic E-state index is 0.142. The zero-order chi connectivity index (χ0) is 13.0. The molecule has 0 fully saturated rings. The molecular formula is C14H17NO3. The van der Waals surface area contributed by atoms with E-state index in [4.69, 9.17) is 5.11 Å². The fourth-order valence-electron chi connectivity index (χ4n) is 2.23. The van der Waals surface area contributed by atoms with Crippen molar-refractivity contribution in [3.8, 4) is 0 Å². The maximum atomic E-state index is 11.6. The Morgan fingerprint density at radius 2 is 2.17 bits per heavy atom. The summed E-state index contributed by atoms with van der Waals surface area (Å²) in [7, 11) is 0. The summed E-state index contributed by atoms with van der Waals surface area (Å²) in [6, 6.07) is 2.67. The summed E-state index contributed by atoms with van der Waals surface area (Å²) in [5.74, 6) is -0.999. The van der Waals surface area contributed by atoms with Crippen LogP contribution in [0.15, 0.2) is 34.8 Å². The van der Waals surface area contributed by atoms with E-state index in [0.717, 1.165) is 19.3 Å². The molecule has 18 heavy (non-hydrogen) atoms. The Labute approximate surface area is 106 Å². The van der Waals surface area contributed by atoms with E-state index in [0.29, 0.717) is 6.54 Å². The number of carboxylic acid groups (broad SMARTS) is 1. The van der Waals surface area contributed by atoms with E-state index >= 15 is 0 Å². The number of rotatable bonds is 4. The first kappa shape index (κ1) is 12.6. The molecule has 0 bridgehead atoms. The lowest BCUT2D eigenvalue weighted by molar-refractivity contribution is 0.0696. The van der Waals surface area contributed by atoms with Crippen molar-refractivity contribution in [2.45, 2.75) is 38.6 Å². The predicted octanol–water partition coefficient (Wildman–Crippen LogP) is 2.44. The number of aromatic carboxylic acids is 1. The highest BCUT2D eigenvalue weighted by Gasteiger charge is 2.07. The van der Waals surface area contributed by atoms with Crippen molar-refractivity contribution in [2.24, 2.45) is 0 Å². The molecule has 0 spiro atoms. The SMILES string of the molecule is O=C(O)c1ccc(=O)n(CCC2=CCCCC2)c1. The topological polar surface area (TPSA) is 59.3 Å². The number of aromatic nitrogens is 1. The maximum Gasteiger partial charge on any atom is 0.337 e. The van der Waals surface area contributed by atoms with E-state index in [1.165, 1.54) is 41.3 Å². The highest BCUT2D eigenvalue weighted by Crippen LogP contribution is 2.20. The molecule has 2 rings (SSSR count). The molecule has 1 N–H and O–H groups in total. The Balaban J connectivity index is 2.08. The van der Waals surface area contributed by atoms with Gasteiger partial charge in [0.05, 0.1) is 5.56 Å². The van der Waals surface area contributed by atoms with Crippen molar-refractivity contribution < 1.29 is 9.90 Å². The van der Waals surface area contributed by atoms with Crippen LogP contribution < -0.4 is 5.56 Å². The third kappa shape index (κ3) is 3.09. The molecule has 1 aromatic rings. The largest absolute Gasteiger partial charge is 0.478 e. The van der Waals surface area contributed by atoms with Gasteiger partial charge in [0.1, 0.15) is 0 Å². The number of hydrogen-bond acceptors (Lipinski definition) is 2. The Kier molecular flexibility index (Phi) is 3.97. The average Bonchev–Trinajstić information content (AvgIpc) is 2.38. The van der Waals surface area contributed by atoms with Crippen LogP contribution in [0.1, 0.15) is 42.5 Å². The summed E-state index contributed by atoms with van der Waals surface area (Å²) in [6.45, 7) is 0.561. The van der Waals surface area contributed by atoms with Crippen LogP contribution in [0, 0.1) is 0 Å². The van der Waals surface area contributed by atoms with Gasteiger partial charge in [0.15, 0.2) is 0 Å². The minimum atomic E-state index is -0.999. The molecule has 0 saturated heterocycles. The van der Waals surface area contributed by atoms with Gasteiger partial charge in [0, 0.05) is 18.8 Å². The summed E-state index contributed by atoms with van der Waals surface area (Å²) in [5.41, 5.74) is 1.40. The van der Waals surface area contributed by atoms with Gasteiger partial charge in [-0.15, -0.1) is 0 Å². The normalized spacial score (nSPS) is 15.2.